The van der Waals surface area contributed by atoms with E-state index in [2.05, 4.69) is 20.0 Å². The molecule has 25 heavy (non-hydrogen) atoms. The fourth-order valence-electron chi connectivity index (χ4n) is 2.24. The minimum Gasteiger partial charge on any atom is -0.464 e. The number of nitrogens with one attached hydrogen (secondary N) is 1. The second-order valence-corrected chi connectivity index (χ2v) is 5.91. The van der Waals surface area contributed by atoms with Crippen molar-refractivity contribution in [1.82, 2.24) is 9.97 Å². The quantitative estimate of drug-likeness (QED) is 0.639. The Bertz CT molecular complexity index is 844. The number of halogens is 4. The molecule has 2 aromatic rings. The van der Waals surface area contributed by atoms with Crippen LogP contribution < -0.4 is 5.32 Å². The highest BCUT2D eigenvalue weighted by atomic mass is 35.5. The van der Waals surface area contributed by atoms with Crippen LogP contribution in [0.4, 0.5) is 19.0 Å². The van der Waals surface area contributed by atoms with Gasteiger partial charge in [0.25, 0.3) is 0 Å². The Balaban J connectivity index is 1.93. The lowest BCUT2D eigenvalue weighted by molar-refractivity contribution is 0.0593. The number of hydrogen-bond donors (Lipinski definition) is 1. The molecule has 1 aromatic carbocycles. The Labute approximate surface area is 146 Å². The van der Waals surface area contributed by atoms with Crippen LogP contribution in [-0.2, 0) is 11.3 Å². The minimum atomic E-state index is -1.30. The molecular formula is C16H13ClF3N3O2. The van der Waals surface area contributed by atoms with E-state index in [0.29, 0.717) is 11.9 Å². The van der Waals surface area contributed by atoms with Gasteiger partial charge in [-0.1, -0.05) is 11.6 Å². The number of nitrogens with zero attached hydrogens (tertiary/aromatic N) is 2. The molecule has 5 nitrogen and oxygen atoms in total. The molecule has 0 saturated heterocycles. The maximum absolute atomic E-state index is 13.8. The summed E-state index contributed by atoms with van der Waals surface area (Å²) in [5.74, 6) is -3.60. The van der Waals surface area contributed by atoms with Crippen molar-refractivity contribution in [1.29, 1.82) is 0 Å². The van der Waals surface area contributed by atoms with Gasteiger partial charge in [0, 0.05) is 18.0 Å². The third kappa shape index (κ3) is 3.53. The van der Waals surface area contributed by atoms with E-state index in [4.69, 9.17) is 11.6 Å². The van der Waals surface area contributed by atoms with Crippen LogP contribution in [-0.4, -0.2) is 23.0 Å². The predicted octanol–water partition coefficient (Wildman–Crippen LogP) is 3.82. The molecule has 0 aliphatic heterocycles. The van der Waals surface area contributed by atoms with Crippen LogP contribution in [0.5, 0.6) is 0 Å². The van der Waals surface area contributed by atoms with E-state index in [1.54, 1.807) is 0 Å². The first-order valence-electron chi connectivity index (χ1n) is 7.44. The van der Waals surface area contributed by atoms with Gasteiger partial charge in [0.15, 0.2) is 17.3 Å². The monoisotopic (exact) mass is 371 g/mol. The van der Waals surface area contributed by atoms with Crippen LogP contribution >= 0.6 is 11.6 Å². The third-order valence-electron chi connectivity index (χ3n) is 3.76. The van der Waals surface area contributed by atoms with E-state index < -0.39 is 35.5 Å². The van der Waals surface area contributed by atoms with Crippen LogP contribution in [0.1, 0.15) is 40.6 Å². The van der Waals surface area contributed by atoms with Gasteiger partial charge in [-0.2, -0.15) is 0 Å². The Morgan fingerprint density at radius 2 is 1.96 bits per heavy atom. The summed E-state index contributed by atoms with van der Waals surface area (Å²) in [5, 5.41) is 2.51. The van der Waals surface area contributed by atoms with Gasteiger partial charge in [-0.3, -0.25) is 0 Å². The van der Waals surface area contributed by atoms with Gasteiger partial charge in [0.1, 0.15) is 22.5 Å². The summed E-state index contributed by atoms with van der Waals surface area (Å²) in [6.07, 6.45) is 1.74. The Morgan fingerprint density at radius 1 is 1.28 bits per heavy atom. The van der Waals surface area contributed by atoms with E-state index in [1.807, 2.05) is 0 Å². The van der Waals surface area contributed by atoms with Gasteiger partial charge in [-0.25, -0.2) is 27.9 Å². The molecule has 1 aliphatic carbocycles. The van der Waals surface area contributed by atoms with Crippen molar-refractivity contribution in [3.63, 3.8) is 0 Å². The first-order valence-corrected chi connectivity index (χ1v) is 7.82. The second kappa shape index (κ2) is 6.87. The topological polar surface area (TPSA) is 64.1 Å². The van der Waals surface area contributed by atoms with Gasteiger partial charge in [-0.15, -0.1) is 0 Å². The number of carbonyl (C=O) groups is 1. The van der Waals surface area contributed by atoms with E-state index in [-0.39, 0.29) is 22.5 Å². The molecule has 132 valence electrons. The highest BCUT2D eigenvalue weighted by Crippen LogP contribution is 2.39. The molecule has 0 bridgehead atoms. The Kier molecular flexibility index (Phi) is 4.80. The number of esters is 1. The average Bonchev–Trinajstić information content (AvgIpc) is 3.44. The second-order valence-electron chi connectivity index (χ2n) is 5.53. The summed E-state index contributed by atoms with van der Waals surface area (Å²) in [6, 6.07) is 1.53. The molecule has 1 heterocycles. The molecule has 1 fully saturated rings. The van der Waals surface area contributed by atoms with Crippen molar-refractivity contribution in [3.05, 3.63) is 51.7 Å². The fraction of sp³-hybridized carbons (Fsp3) is 0.312. The number of benzene rings is 1. The van der Waals surface area contributed by atoms with Crippen LogP contribution in [0.25, 0.3) is 0 Å². The molecule has 0 amide bonds. The van der Waals surface area contributed by atoms with Crippen LogP contribution in [0.15, 0.2) is 12.1 Å². The molecule has 1 N–H and O–H groups in total. The summed E-state index contributed by atoms with van der Waals surface area (Å²) >= 11 is 6.11. The van der Waals surface area contributed by atoms with E-state index in [1.165, 1.54) is 7.11 Å². The molecule has 0 unspecified atom stereocenters. The Morgan fingerprint density at radius 3 is 2.60 bits per heavy atom. The zero-order chi connectivity index (χ0) is 18.1. The Hall–Kier alpha value is -2.35. The summed E-state index contributed by atoms with van der Waals surface area (Å²) in [7, 11) is 1.18. The van der Waals surface area contributed by atoms with E-state index in [9.17, 15) is 18.0 Å². The number of carbonyl (C=O) groups excluding carboxylic acids is 1. The first kappa shape index (κ1) is 17.5. The van der Waals surface area contributed by atoms with Crippen molar-refractivity contribution >= 4 is 23.4 Å². The number of methoxy groups -OCH3 is 1. The number of aromatic nitrogens is 2. The van der Waals surface area contributed by atoms with E-state index >= 15 is 0 Å². The normalized spacial score (nSPS) is 13.6. The maximum Gasteiger partial charge on any atom is 0.358 e. The van der Waals surface area contributed by atoms with Crippen LogP contribution in [0.2, 0.25) is 5.02 Å². The molecule has 1 saturated carbocycles. The van der Waals surface area contributed by atoms with Crippen molar-refractivity contribution in [2.24, 2.45) is 0 Å². The summed E-state index contributed by atoms with van der Waals surface area (Å²) in [5.41, 5.74) is -0.633. The SMILES string of the molecule is COC(=O)c1nc(C2CC2)nc(NCc2c(F)ccc(F)c2F)c1Cl. The molecule has 1 aromatic heterocycles. The fourth-order valence-corrected chi connectivity index (χ4v) is 2.47. The average molecular weight is 372 g/mol. The maximum atomic E-state index is 13.8. The lowest BCUT2D eigenvalue weighted by Crippen LogP contribution is -2.13. The van der Waals surface area contributed by atoms with Gasteiger partial charge >= 0.3 is 5.97 Å². The molecule has 9 heteroatoms. The van der Waals surface area contributed by atoms with Crippen molar-refractivity contribution < 1.29 is 22.7 Å². The summed E-state index contributed by atoms with van der Waals surface area (Å²) < 4.78 is 45.4. The first-order chi connectivity index (χ1) is 11.9. The number of anilines is 1. The summed E-state index contributed by atoms with van der Waals surface area (Å²) in [4.78, 5) is 20.1. The lowest BCUT2D eigenvalue weighted by Gasteiger charge is -2.12. The van der Waals surface area contributed by atoms with Gasteiger partial charge in [0.2, 0.25) is 0 Å². The van der Waals surface area contributed by atoms with Gasteiger partial charge in [0.05, 0.1) is 7.11 Å². The van der Waals surface area contributed by atoms with Gasteiger partial charge in [-0.05, 0) is 25.0 Å². The van der Waals surface area contributed by atoms with Crippen LogP contribution in [0, 0.1) is 17.5 Å². The molecular weight excluding hydrogens is 359 g/mol. The van der Waals surface area contributed by atoms with Gasteiger partial charge < -0.3 is 10.1 Å². The highest BCUT2D eigenvalue weighted by Gasteiger charge is 2.30. The number of rotatable bonds is 5. The predicted molar refractivity (Wildman–Crippen MR) is 84.0 cm³/mol. The molecule has 0 atom stereocenters. The smallest absolute Gasteiger partial charge is 0.358 e. The molecule has 0 spiro atoms. The van der Waals surface area contributed by atoms with Crippen molar-refractivity contribution in [3.8, 4) is 0 Å². The zero-order valence-electron chi connectivity index (χ0n) is 13.1. The standard InChI is InChI=1S/C16H13ClF3N3O2/c1-25-16(24)13-11(17)15(23-14(22-13)7-2-3-7)21-6-8-9(18)4-5-10(19)12(8)20/h4-5,7H,2-3,6H2,1H3,(H,21,22,23). The van der Waals surface area contributed by atoms with Crippen molar-refractivity contribution in [2.75, 3.05) is 12.4 Å². The van der Waals surface area contributed by atoms with Crippen LogP contribution in [0.3, 0.4) is 0 Å². The summed E-state index contributed by atoms with van der Waals surface area (Å²) in [6.45, 7) is -0.406. The van der Waals surface area contributed by atoms with Crippen molar-refractivity contribution in [2.45, 2.75) is 25.3 Å². The molecule has 3 rings (SSSR count). The molecule has 1 aliphatic rings. The third-order valence-corrected chi connectivity index (χ3v) is 4.12. The zero-order valence-corrected chi connectivity index (χ0v) is 13.8. The lowest BCUT2D eigenvalue weighted by atomic mass is 10.2. The highest BCUT2D eigenvalue weighted by molar-refractivity contribution is 6.35. The molecule has 0 radical (unpaired) electrons. The largest absolute Gasteiger partial charge is 0.464 e. The number of ether oxygens (including phenoxy) is 1. The minimum absolute atomic E-state index is 0.0297. The number of hydrogen-bond acceptors (Lipinski definition) is 5. The van der Waals surface area contributed by atoms with E-state index in [0.717, 1.165) is 18.9 Å².